The molecule has 0 saturated heterocycles. The SMILES string of the molecule is NNC(Cc1cccc(Cl)c1)c1cnc2ccsc2c1. The highest BCUT2D eigenvalue weighted by Crippen LogP contribution is 2.25. The number of hydrogen-bond donors (Lipinski definition) is 2. The summed E-state index contributed by atoms with van der Waals surface area (Å²) in [5.74, 6) is 5.70. The van der Waals surface area contributed by atoms with Gasteiger partial charge in [-0.2, -0.15) is 0 Å². The zero-order valence-electron chi connectivity index (χ0n) is 10.7. The Morgan fingerprint density at radius 3 is 3.00 bits per heavy atom. The smallest absolute Gasteiger partial charge is 0.0809 e. The normalized spacial score (nSPS) is 12.7. The van der Waals surface area contributed by atoms with Crippen molar-refractivity contribution in [2.75, 3.05) is 0 Å². The van der Waals surface area contributed by atoms with Crippen molar-refractivity contribution in [3.63, 3.8) is 0 Å². The molecule has 0 bridgehead atoms. The largest absolute Gasteiger partial charge is 0.271 e. The predicted molar refractivity (Wildman–Crippen MR) is 84.8 cm³/mol. The van der Waals surface area contributed by atoms with Gasteiger partial charge in [0.2, 0.25) is 0 Å². The van der Waals surface area contributed by atoms with Gasteiger partial charge in [-0.15, -0.1) is 11.3 Å². The highest BCUT2D eigenvalue weighted by molar-refractivity contribution is 7.17. The average Bonchev–Trinajstić information content (AvgIpc) is 2.92. The summed E-state index contributed by atoms with van der Waals surface area (Å²) in [5.41, 5.74) is 6.12. The first-order chi connectivity index (χ1) is 9.76. The zero-order chi connectivity index (χ0) is 13.9. The quantitative estimate of drug-likeness (QED) is 0.571. The summed E-state index contributed by atoms with van der Waals surface area (Å²) in [4.78, 5) is 4.46. The van der Waals surface area contributed by atoms with Gasteiger partial charge in [-0.05, 0) is 47.2 Å². The highest BCUT2D eigenvalue weighted by atomic mass is 35.5. The molecule has 3 N–H and O–H groups in total. The Bertz CT molecular complexity index is 726. The number of nitrogens with two attached hydrogens (primary N) is 1. The highest BCUT2D eigenvalue weighted by Gasteiger charge is 2.12. The van der Waals surface area contributed by atoms with Crippen molar-refractivity contribution in [1.82, 2.24) is 10.4 Å². The molecule has 0 amide bonds. The number of halogens is 1. The van der Waals surface area contributed by atoms with Gasteiger partial charge in [0, 0.05) is 11.2 Å². The van der Waals surface area contributed by atoms with E-state index in [2.05, 4.69) is 16.5 Å². The molecule has 5 heteroatoms. The Kier molecular flexibility index (Phi) is 3.98. The number of thiophene rings is 1. The lowest BCUT2D eigenvalue weighted by molar-refractivity contribution is 0.551. The lowest BCUT2D eigenvalue weighted by atomic mass is 10.0. The van der Waals surface area contributed by atoms with E-state index in [1.807, 2.05) is 41.9 Å². The first-order valence-corrected chi connectivity index (χ1v) is 7.56. The number of rotatable bonds is 4. The number of hydrazine groups is 1. The molecular formula is C15H14ClN3S. The maximum atomic E-state index is 6.02. The molecule has 102 valence electrons. The molecule has 3 nitrogen and oxygen atoms in total. The van der Waals surface area contributed by atoms with Crippen molar-refractivity contribution >= 4 is 33.2 Å². The molecule has 2 heterocycles. The number of fused-ring (bicyclic) bond motifs is 1. The second kappa shape index (κ2) is 5.89. The summed E-state index contributed by atoms with van der Waals surface area (Å²) < 4.78 is 1.17. The Labute approximate surface area is 126 Å². The van der Waals surface area contributed by atoms with E-state index >= 15 is 0 Å². The molecule has 1 unspecified atom stereocenters. The molecule has 0 saturated carbocycles. The van der Waals surface area contributed by atoms with Gasteiger partial charge in [-0.25, -0.2) is 0 Å². The molecule has 0 aliphatic heterocycles. The van der Waals surface area contributed by atoms with Crippen LogP contribution in [0.15, 0.2) is 48.0 Å². The Balaban J connectivity index is 1.88. The van der Waals surface area contributed by atoms with Crippen molar-refractivity contribution in [2.24, 2.45) is 5.84 Å². The molecule has 1 aromatic carbocycles. The second-order valence-electron chi connectivity index (χ2n) is 4.63. The third kappa shape index (κ3) is 2.83. The van der Waals surface area contributed by atoms with Gasteiger partial charge >= 0.3 is 0 Å². The summed E-state index contributed by atoms with van der Waals surface area (Å²) in [6.45, 7) is 0. The minimum absolute atomic E-state index is 0.0208. The van der Waals surface area contributed by atoms with Crippen molar-refractivity contribution in [3.05, 3.63) is 64.1 Å². The van der Waals surface area contributed by atoms with Crippen LogP contribution in [0.4, 0.5) is 0 Å². The van der Waals surface area contributed by atoms with Gasteiger partial charge in [0.05, 0.1) is 16.3 Å². The fourth-order valence-electron chi connectivity index (χ4n) is 2.22. The van der Waals surface area contributed by atoms with E-state index in [4.69, 9.17) is 17.4 Å². The van der Waals surface area contributed by atoms with Crippen molar-refractivity contribution in [3.8, 4) is 0 Å². The lowest BCUT2D eigenvalue weighted by Crippen LogP contribution is -2.29. The average molecular weight is 304 g/mol. The molecule has 0 aliphatic carbocycles. The molecule has 2 aromatic heterocycles. The lowest BCUT2D eigenvalue weighted by Gasteiger charge is -2.16. The van der Waals surface area contributed by atoms with Gasteiger partial charge < -0.3 is 0 Å². The van der Waals surface area contributed by atoms with E-state index in [0.29, 0.717) is 0 Å². The van der Waals surface area contributed by atoms with Crippen LogP contribution in [0.1, 0.15) is 17.2 Å². The first-order valence-electron chi connectivity index (χ1n) is 6.30. The molecule has 0 aliphatic rings. The van der Waals surface area contributed by atoms with E-state index in [1.54, 1.807) is 11.3 Å². The summed E-state index contributed by atoms with van der Waals surface area (Å²) in [6.07, 6.45) is 2.65. The number of hydrogen-bond acceptors (Lipinski definition) is 4. The second-order valence-corrected chi connectivity index (χ2v) is 6.01. The molecule has 0 radical (unpaired) electrons. The van der Waals surface area contributed by atoms with E-state index < -0.39 is 0 Å². The van der Waals surface area contributed by atoms with E-state index in [9.17, 15) is 0 Å². The minimum Gasteiger partial charge on any atom is -0.271 e. The number of pyridine rings is 1. The van der Waals surface area contributed by atoms with E-state index in [0.717, 1.165) is 28.1 Å². The summed E-state index contributed by atoms with van der Waals surface area (Å²) in [7, 11) is 0. The van der Waals surface area contributed by atoms with Gasteiger partial charge in [-0.1, -0.05) is 23.7 Å². The first kappa shape index (κ1) is 13.5. The van der Waals surface area contributed by atoms with Crippen LogP contribution in [0.2, 0.25) is 5.02 Å². The van der Waals surface area contributed by atoms with Crippen LogP contribution < -0.4 is 11.3 Å². The van der Waals surface area contributed by atoms with Gasteiger partial charge in [-0.3, -0.25) is 16.3 Å². The maximum Gasteiger partial charge on any atom is 0.0809 e. The summed E-state index contributed by atoms with van der Waals surface area (Å²) >= 11 is 7.70. The number of nitrogens with zero attached hydrogens (tertiary/aromatic N) is 1. The van der Waals surface area contributed by atoms with E-state index in [-0.39, 0.29) is 6.04 Å². The van der Waals surface area contributed by atoms with Crippen LogP contribution in [0, 0.1) is 0 Å². The monoisotopic (exact) mass is 303 g/mol. The van der Waals surface area contributed by atoms with Crippen molar-refractivity contribution < 1.29 is 0 Å². The van der Waals surface area contributed by atoms with Crippen molar-refractivity contribution in [2.45, 2.75) is 12.5 Å². The standard InChI is InChI=1S/C15H14ClN3S/c16-12-3-1-2-10(6-12)7-14(19-17)11-8-15-13(18-9-11)4-5-20-15/h1-6,8-9,14,19H,7,17H2. The van der Waals surface area contributed by atoms with Crippen LogP contribution >= 0.6 is 22.9 Å². The minimum atomic E-state index is 0.0208. The topological polar surface area (TPSA) is 50.9 Å². The third-order valence-electron chi connectivity index (χ3n) is 3.26. The Hall–Kier alpha value is -1.46. The van der Waals surface area contributed by atoms with Crippen LogP contribution in [-0.2, 0) is 6.42 Å². The van der Waals surface area contributed by atoms with Crippen molar-refractivity contribution in [1.29, 1.82) is 0 Å². The molecule has 0 spiro atoms. The van der Waals surface area contributed by atoms with Gasteiger partial charge in [0.25, 0.3) is 0 Å². The maximum absolute atomic E-state index is 6.02. The van der Waals surface area contributed by atoms with Crippen LogP contribution in [0.5, 0.6) is 0 Å². The van der Waals surface area contributed by atoms with Gasteiger partial charge in [0.1, 0.15) is 0 Å². The molecule has 3 aromatic rings. The summed E-state index contributed by atoms with van der Waals surface area (Å²) in [5, 5.41) is 2.79. The predicted octanol–water partition coefficient (Wildman–Crippen LogP) is 3.70. The summed E-state index contributed by atoms with van der Waals surface area (Å²) in [6, 6.07) is 12.0. The fourth-order valence-corrected chi connectivity index (χ4v) is 3.23. The molecular weight excluding hydrogens is 290 g/mol. The van der Waals surface area contributed by atoms with Crippen LogP contribution in [-0.4, -0.2) is 4.98 Å². The molecule has 20 heavy (non-hydrogen) atoms. The number of nitrogens with one attached hydrogen (secondary N) is 1. The Morgan fingerprint density at radius 2 is 2.20 bits per heavy atom. The molecule has 1 atom stereocenters. The van der Waals surface area contributed by atoms with Gasteiger partial charge in [0.15, 0.2) is 0 Å². The number of aromatic nitrogens is 1. The number of benzene rings is 1. The Morgan fingerprint density at radius 1 is 1.30 bits per heavy atom. The van der Waals surface area contributed by atoms with Crippen LogP contribution in [0.25, 0.3) is 10.2 Å². The van der Waals surface area contributed by atoms with Crippen LogP contribution in [0.3, 0.4) is 0 Å². The fraction of sp³-hybridized carbons (Fsp3) is 0.133. The molecule has 0 fully saturated rings. The van der Waals surface area contributed by atoms with E-state index in [1.165, 1.54) is 4.70 Å². The molecule has 3 rings (SSSR count). The third-order valence-corrected chi connectivity index (χ3v) is 4.34. The zero-order valence-corrected chi connectivity index (χ0v) is 12.3.